The Hall–Kier alpha value is -3.50. The summed E-state index contributed by atoms with van der Waals surface area (Å²) in [5, 5.41) is 12.6. The molecule has 2 bridgehead atoms. The summed E-state index contributed by atoms with van der Waals surface area (Å²) in [6, 6.07) is 10.8. The lowest BCUT2D eigenvalue weighted by atomic mass is 9.51. The number of rotatable bonds is 11. The van der Waals surface area contributed by atoms with Gasteiger partial charge in [-0.2, -0.15) is 0 Å². The van der Waals surface area contributed by atoms with Crippen LogP contribution in [0.25, 0.3) is 10.4 Å². The monoisotopic (exact) mass is 674 g/mol. The molecule has 0 radical (unpaired) electrons. The number of thiazole rings is 1. The number of aryl methyl sites for hydroxylation is 1. The summed E-state index contributed by atoms with van der Waals surface area (Å²) in [5.41, 5.74) is 3.88. The van der Waals surface area contributed by atoms with Crippen molar-refractivity contribution in [3.63, 3.8) is 0 Å². The largest absolute Gasteiger partial charge is 0.496 e. The summed E-state index contributed by atoms with van der Waals surface area (Å²) >= 11 is 1.70. The lowest BCUT2D eigenvalue weighted by Crippen LogP contribution is -2.52. The van der Waals surface area contributed by atoms with Crippen LogP contribution < -0.4 is 15.0 Å². The minimum Gasteiger partial charge on any atom is -0.496 e. The van der Waals surface area contributed by atoms with Crippen molar-refractivity contribution in [2.24, 2.45) is 11.3 Å². The quantitative estimate of drug-likeness (QED) is 0.216. The van der Waals surface area contributed by atoms with Crippen LogP contribution in [0.4, 0.5) is 10.6 Å². The molecule has 48 heavy (non-hydrogen) atoms. The molecular formula is C38H50N4O5S. The number of nitrogens with one attached hydrogen (secondary N) is 1. The molecule has 0 saturated heterocycles. The van der Waals surface area contributed by atoms with E-state index in [9.17, 15) is 9.59 Å². The first-order chi connectivity index (χ1) is 23.1. The summed E-state index contributed by atoms with van der Waals surface area (Å²) in [4.78, 5) is 39.2. The number of hydrogen-bond donors (Lipinski definition) is 2. The fourth-order valence-electron chi connectivity index (χ4n) is 8.16. The van der Waals surface area contributed by atoms with Crippen LogP contribution >= 0.6 is 11.3 Å². The van der Waals surface area contributed by atoms with Gasteiger partial charge in [-0.05, 0) is 117 Å². The van der Waals surface area contributed by atoms with Gasteiger partial charge in [-0.15, -0.1) is 11.3 Å². The molecule has 258 valence electrons. The number of methoxy groups -OCH3 is 1. The molecule has 0 spiro atoms. The van der Waals surface area contributed by atoms with E-state index in [-0.39, 0.29) is 41.9 Å². The predicted molar refractivity (Wildman–Crippen MR) is 189 cm³/mol. The van der Waals surface area contributed by atoms with E-state index >= 15 is 0 Å². The first-order valence-corrected chi connectivity index (χ1v) is 18.4. The Balaban J connectivity index is 1.22. The number of aliphatic hydroxyl groups is 1. The highest BCUT2D eigenvalue weighted by atomic mass is 32.1. The van der Waals surface area contributed by atoms with Crippen LogP contribution in [-0.2, 0) is 14.9 Å². The number of aliphatic hydroxyl groups excluding tert-OH is 1. The fourth-order valence-corrected chi connectivity index (χ4v) is 9.07. The molecule has 4 aliphatic carbocycles. The number of aromatic nitrogens is 2. The highest BCUT2D eigenvalue weighted by Crippen LogP contribution is 2.58. The molecule has 3 aromatic rings. The predicted octanol–water partition coefficient (Wildman–Crippen LogP) is 7.55. The number of benzene rings is 1. The number of pyridine rings is 1. The van der Waals surface area contributed by atoms with Crippen LogP contribution in [-0.4, -0.2) is 60.0 Å². The van der Waals surface area contributed by atoms with E-state index in [0.29, 0.717) is 44.0 Å². The molecule has 2 amide bonds. The second kappa shape index (κ2) is 14.5. The number of alkyl carbamates (subject to hydrolysis) is 1. The first kappa shape index (κ1) is 34.4. The van der Waals surface area contributed by atoms with Crippen LogP contribution in [0.5, 0.6) is 5.75 Å². The number of amides is 2. The maximum atomic E-state index is 14.6. The molecule has 0 atom stereocenters. The number of ether oxygens (including phenoxy) is 2. The van der Waals surface area contributed by atoms with Crippen molar-refractivity contribution in [1.82, 2.24) is 15.3 Å². The molecule has 4 aliphatic rings. The first-order valence-electron chi connectivity index (χ1n) is 17.6. The average molecular weight is 675 g/mol. The number of nitrogens with zero attached hydrogens (tertiary/aromatic N) is 3. The molecule has 0 aliphatic heterocycles. The number of carbonyl (C=O) groups excluding carboxylic acids is 2. The third-order valence-corrected chi connectivity index (χ3v) is 12.5. The Labute approximate surface area is 288 Å². The minimum absolute atomic E-state index is 0.0526. The van der Waals surface area contributed by atoms with Crippen LogP contribution in [0.2, 0.25) is 0 Å². The second-order valence-corrected chi connectivity index (χ2v) is 15.6. The zero-order valence-electron chi connectivity index (χ0n) is 28.8. The Morgan fingerprint density at radius 2 is 1.77 bits per heavy atom. The zero-order valence-corrected chi connectivity index (χ0v) is 29.6. The van der Waals surface area contributed by atoms with Crippen molar-refractivity contribution in [2.45, 2.75) is 102 Å². The summed E-state index contributed by atoms with van der Waals surface area (Å²) in [7, 11) is 1.73. The normalized spacial score (nSPS) is 25.1. The number of anilines is 1. The third kappa shape index (κ3) is 7.25. The van der Waals surface area contributed by atoms with Gasteiger partial charge >= 0.3 is 6.09 Å². The summed E-state index contributed by atoms with van der Waals surface area (Å²) < 4.78 is 11.1. The Bertz CT molecular complexity index is 1570. The average Bonchev–Trinajstić information content (AvgIpc) is 3.62. The summed E-state index contributed by atoms with van der Waals surface area (Å²) in [5.74, 6) is 1.97. The van der Waals surface area contributed by atoms with E-state index in [1.807, 2.05) is 23.4 Å². The van der Waals surface area contributed by atoms with Crippen molar-refractivity contribution in [2.75, 3.05) is 31.7 Å². The van der Waals surface area contributed by atoms with E-state index in [1.54, 1.807) is 18.4 Å². The van der Waals surface area contributed by atoms with Crippen molar-refractivity contribution in [3.05, 3.63) is 58.9 Å². The van der Waals surface area contributed by atoms with Gasteiger partial charge in [0.25, 0.3) is 0 Å². The Kier molecular flexibility index (Phi) is 10.4. The number of hydrogen-bond acceptors (Lipinski definition) is 8. The Morgan fingerprint density at radius 1 is 1.04 bits per heavy atom. The van der Waals surface area contributed by atoms with Crippen LogP contribution in [0.15, 0.2) is 42.7 Å². The molecule has 2 aromatic heterocycles. The zero-order chi connectivity index (χ0) is 33.9. The Morgan fingerprint density at radius 3 is 2.40 bits per heavy atom. The lowest BCUT2D eigenvalue weighted by Gasteiger charge is -2.55. The maximum absolute atomic E-state index is 14.6. The van der Waals surface area contributed by atoms with E-state index in [4.69, 9.17) is 19.6 Å². The van der Waals surface area contributed by atoms with Crippen LogP contribution in [0, 0.1) is 18.3 Å². The van der Waals surface area contributed by atoms with E-state index < -0.39 is 6.09 Å². The van der Waals surface area contributed by atoms with Crippen molar-refractivity contribution < 1.29 is 24.2 Å². The molecule has 2 N–H and O–H groups in total. The van der Waals surface area contributed by atoms with Gasteiger partial charge < -0.3 is 19.9 Å². The van der Waals surface area contributed by atoms with Gasteiger partial charge in [-0.1, -0.05) is 26.0 Å². The maximum Gasteiger partial charge on any atom is 0.407 e. The molecule has 0 unspecified atom stereocenters. The molecule has 2 heterocycles. The van der Waals surface area contributed by atoms with E-state index in [2.05, 4.69) is 55.3 Å². The van der Waals surface area contributed by atoms with Crippen molar-refractivity contribution in [3.8, 4) is 16.2 Å². The number of fused-ring (bicyclic) bond motifs is 3. The standard InChI is InChI=1S/C38H50N4O5S/c1-25(2)34-41-23-32(48-34)28-11-18-39-33(22-28)42(35(44)27-5-8-30(9-6-27)47-36(45)40-19-20-43)24-37-12-15-38(16-13-37,17-14-37)29-7-10-31(46-4)26(3)21-29/h7,10-11,18,21-23,25,27,30,43H,5-6,8-9,12-17,19-20,24H2,1-4H3,(H,40,45). The smallest absolute Gasteiger partial charge is 0.407 e. The van der Waals surface area contributed by atoms with Gasteiger partial charge in [-0.25, -0.2) is 14.8 Å². The van der Waals surface area contributed by atoms with E-state index in [1.165, 1.54) is 11.1 Å². The molecular weight excluding hydrogens is 625 g/mol. The lowest BCUT2D eigenvalue weighted by molar-refractivity contribution is -0.124. The SMILES string of the molecule is COc1ccc(C23CCC(CN(C(=O)C4CCC(OC(=O)NCCO)CC4)c4cc(-c5cnc(C(C)C)s5)ccn4)(CC2)CC3)cc1C. The molecule has 10 heteroatoms. The van der Waals surface area contributed by atoms with Gasteiger partial charge in [0, 0.05) is 37.3 Å². The molecule has 1 aromatic carbocycles. The molecule has 4 saturated carbocycles. The van der Waals surface area contributed by atoms with Crippen LogP contribution in [0.3, 0.4) is 0 Å². The highest BCUT2D eigenvalue weighted by molar-refractivity contribution is 7.15. The van der Waals surface area contributed by atoms with Crippen molar-refractivity contribution >= 4 is 29.2 Å². The third-order valence-electron chi connectivity index (χ3n) is 11.2. The van der Waals surface area contributed by atoms with Crippen molar-refractivity contribution in [1.29, 1.82) is 0 Å². The second-order valence-electron chi connectivity index (χ2n) is 14.5. The van der Waals surface area contributed by atoms with Crippen LogP contribution in [0.1, 0.15) is 100 Å². The molecule has 7 rings (SSSR count). The highest BCUT2D eigenvalue weighted by Gasteiger charge is 2.51. The molecule has 9 nitrogen and oxygen atoms in total. The topological polar surface area (TPSA) is 114 Å². The van der Waals surface area contributed by atoms with Gasteiger partial charge in [0.2, 0.25) is 5.91 Å². The fraction of sp³-hybridized carbons (Fsp3) is 0.579. The molecule has 4 fully saturated rings. The summed E-state index contributed by atoms with van der Waals surface area (Å²) in [6.07, 6.45) is 12.2. The van der Waals surface area contributed by atoms with Gasteiger partial charge in [0.05, 0.1) is 23.6 Å². The number of carbonyl (C=O) groups is 2. The van der Waals surface area contributed by atoms with Gasteiger partial charge in [0.1, 0.15) is 17.7 Å². The van der Waals surface area contributed by atoms with E-state index in [0.717, 1.165) is 59.7 Å². The van der Waals surface area contributed by atoms with Gasteiger partial charge in [0.15, 0.2) is 0 Å². The van der Waals surface area contributed by atoms with Gasteiger partial charge in [-0.3, -0.25) is 9.69 Å². The summed E-state index contributed by atoms with van der Waals surface area (Å²) in [6.45, 7) is 7.13. The minimum atomic E-state index is -0.514.